The van der Waals surface area contributed by atoms with Gasteiger partial charge >= 0.3 is 0 Å². The molecule has 6 heteroatoms. The lowest BCUT2D eigenvalue weighted by atomic mass is 9.98. The number of aryl methyl sites for hydroxylation is 1. The monoisotopic (exact) mass is 403 g/mol. The van der Waals surface area contributed by atoms with Crippen molar-refractivity contribution in [3.05, 3.63) is 91.8 Å². The Hall–Kier alpha value is -2.11. The molecule has 3 rings (SSSR count). The molecule has 24 heavy (non-hydrogen) atoms. The predicted molar refractivity (Wildman–Crippen MR) is 101 cm³/mol. The van der Waals surface area contributed by atoms with Gasteiger partial charge in [-0.1, -0.05) is 54.1 Å². The summed E-state index contributed by atoms with van der Waals surface area (Å²) in [6.45, 7) is 0. The third kappa shape index (κ3) is 3.52. The average molecular weight is 405 g/mol. The molecule has 4 nitrogen and oxygen atoms in total. The van der Waals surface area contributed by atoms with E-state index in [-0.39, 0.29) is 11.6 Å². The Balaban J connectivity index is 2.06. The molecule has 0 aliphatic rings. The Bertz CT molecular complexity index is 912. The van der Waals surface area contributed by atoms with Crippen LogP contribution in [0.5, 0.6) is 0 Å². The van der Waals surface area contributed by atoms with Crippen molar-refractivity contribution in [2.24, 2.45) is 7.05 Å². The highest BCUT2D eigenvalue weighted by molar-refractivity contribution is 9.10. The van der Waals surface area contributed by atoms with E-state index in [0.29, 0.717) is 15.2 Å². The highest BCUT2D eigenvalue weighted by atomic mass is 79.9. The topological polar surface area (TPSA) is 46.9 Å². The van der Waals surface area contributed by atoms with Crippen LogP contribution in [0.1, 0.15) is 17.2 Å². The largest absolute Gasteiger partial charge is 0.372 e. The number of halogens is 2. The molecule has 0 fully saturated rings. The lowest BCUT2D eigenvalue weighted by molar-refractivity contribution is 0.702. The first-order valence-electron chi connectivity index (χ1n) is 7.35. The molecule has 0 spiro atoms. The van der Waals surface area contributed by atoms with Crippen LogP contribution in [0.25, 0.3) is 0 Å². The number of benzene rings is 2. The van der Waals surface area contributed by atoms with Gasteiger partial charge in [0.05, 0.1) is 17.9 Å². The van der Waals surface area contributed by atoms with E-state index in [1.54, 1.807) is 13.2 Å². The van der Waals surface area contributed by atoms with Crippen molar-refractivity contribution in [1.82, 2.24) is 9.78 Å². The molecule has 0 aliphatic carbocycles. The fraction of sp³-hybridized carbons (Fsp3) is 0.111. The zero-order chi connectivity index (χ0) is 17.1. The fourth-order valence-electron chi connectivity index (χ4n) is 2.46. The van der Waals surface area contributed by atoms with Crippen molar-refractivity contribution in [2.45, 2.75) is 6.04 Å². The van der Waals surface area contributed by atoms with Crippen molar-refractivity contribution in [3.63, 3.8) is 0 Å². The summed E-state index contributed by atoms with van der Waals surface area (Å²) in [5, 5.41) is 8.14. The molecule has 1 N–H and O–H groups in total. The van der Waals surface area contributed by atoms with Gasteiger partial charge in [0.1, 0.15) is 4.47 Å². The van der Waals surface area contributed by atoms with Crippen LogP contribution in [0.2, 0.25) is 5.02 Å². The number of nitrogens with zero attached hydrogens (tertiary/aromatic N) is 2. The number of nitrogens with one attached hydrogen (secondary N) is 1. The Morgan fingerprint density at radius 2 is 1.83 bits per heavy atom. The van der Waals surface area contributed by atoms with Crippen LogP contribution < -0.4 is 10.9 Å². The summed E-state index contributed by atoms with van der Waals surface area (Å²) in [6.07, 6.45) is 1.63. The van der Waals surface area contributed by atoms with Gasteiger partial charge in [0, 0.05) is 12.1 Å². The van der Waals surface area contributed by atoms with Gasteiger partial charge in [-0.2, -0.15) is 5.10 Å². The summed E-state index contributed by atoms with van der Waals surface area (Å²) in [4.78, 5) is 12.1. The molecule has 1 aromatic heterocycles. The number of hydrogen-bond acceptors (Lipinski definition) is 3. The minimum Gasteiger partial charge on any atom is -0.372 e. The molecule has 0 amide bonds. The maximum absolute atomic E-state index is 12.1. The number of aromatic nitrogens is 2. The minimum atomic E-state index is -0.196. The van der Waals surface area contributed by atoms with Crippen molar-refractivity contribution in [2.75, 3.05) is 5.32 Å². The van der Waals surface area contributed by atoms with Crippen LogP contribution in [0.15, 0.2) is 70.1 Å². The Kier molecular flexibility index (Phi) is 5.02. The predicted octanol–water partition coefficient (Wildman–Crippen LogP) is 4.40. The molecular formula is C18H15BrClN3O. The first kappa shape index (κ1) is 16.7. The standard InChI is InChI=1S/C18H15BrClN3O/c1-23-18(24)16(19)15(11-21-23)22-17(12-6-3-2-4-7-12)13-8-5-9-14(20)10-13/h2-11,17,22H,1H3. The van der Waals surface area contributed by atoms with E-state index >= 15 is 0 Å². The summed E-state index contributed by atoms with van der Waals surface area (Å²) >= 11 is 9.51. The van der Waals surface area contributed by atoms with E-state index in [1.165, 1.54) is 4.68 Å². The molecule has 1 heterocycles. The van der Waals surface area contributed by atoms with Crippen LogP contribution >= 0.6 is 27.5 Å². The first-order valence-corrected chi connectivity index (χ1v) is 8.52. The third-order valence-corrected chi connectivity index (χ3v) is 4.69. The zero-order valence-electron chi connectivity index (χ0n) is 12.9. The van der Waals surface area contributed by atoms with E-state index in [9.17, 15) is 4.79 Å². The average Bonchev–Trinajstić information content (AvgIpc) is 2.60. The van der Waals surface area contributed by atoms with Gasteiger partial charge < -0.3 is 5.32 Å². The summed E-state index contributed by atoms with van der Waals surface area (Å²) < 4.78 is 1.73. The highest BCUT2D eigenvalue weighted by Gasteiger charge is 2.17. The molecule has 2 aromatic carbocycles. The molecule has 0 saturated carbocycles. The molecule has 122 valence electrons. The normalized spacial score (nSPS) is 12.0. The van der Waals surface area contributed by atoms with Crippen molar-refractivity contribution in [1.29, 1.82) is 0 Å². The number of hydrogen-bond donors (Lipinski definition) is 1. The molecular weight excluding hydrogens is 390 g/mol. The summed E-state index contributed by atoms with van der Waals surface area (Å²) in [7, 11) is 1.61. The first-order chi connectivity index (χ1) is 11.6. The van der Waals surface area contributed by atoms with Crippen LogP contribution in [-0.4, -0.2) is 9.78 Å². The summed E-state index contributed by atoms with van der Waals surface area (Å²) in [6, 6.07) is 17.5. The van der Waals surface area contributed by atoms with Crippen molar-refractivity contribution < 1.29 is 0 Å². The van der Waals surface area contributed by atoms with E-state index in [1.807, 2.05) is 54.6 Å². The fourth-order valence-corrected chi connectivity index (χ4v) is 3.13. The Labute approximate surface area is 153 Å². The van der Waals surface area contributed by atoms with Crippen LogP contribution in [0, 0.1) is 0 Å². The second-order valence-corrected chi connectivity index (χ2v) is 6.57. The van der Waals surface area contributed by atoms with Gasteiger partial charge in [0.25, 0.3) is 5.56 Å². The lowest BCUT2D eigenvalue weighted by Gasteiger charge is -2.22. The smallest absolute Gasteiger partial charge is 0.282 e. The van der Waals surface area contributed by atoms with E-state index in [4.69, 9.17) is 11.6 Å². The van der Waals surface area contributed by atoms with Crippen molar-refractivity contribution >= 4 is 33.2 Å². The van der Waals surface area contributed by atoms with Crippen LogP contribution in [0.3, 0.4) is 0 Å². The highest BCUT2D eigenvalue weighted by Crippen LogP contribution is 2.30. The number of rotatable bonds is 4. The maximum Gasteiger partial charge on any atom is 0.282 e. The SMILES string of the molecule is Cn1ncc(NC(c2ccccc2)c2cccc(Cl)c2)c(Br)c1=O. The molecule has 0 bridgehead atoms. The third-order valence-electron chi connectivity index (χ3n) is 3.69. The van der Waals surface area contributed by atoms with Gasteiger partial charge in [0.15, 0.2) is 0 Å². The molecule has 0 aliphatic heterocycles. The molecule has 1 unspecified atom stereocenters. The quantitative estimate of drug-likeness (QED) is 0.701. The molecule has 1 atom stereocenters. The van der Waals surface area contributed by atoms with Crippen LogP contribution in [0.4, 0.5) is 5.69 Å². The van der Waals surface area contributed by atoms with Gasteiger partial charge in [-0.05, 0) is 39.2 Å². The molecule has 3 aromatic rings. The minimum absolute atomic E-state index is 0.157. The van der Waals surface area contributed by atoms with Gasteiger partial charge in [-0.15, -0.1) is 0 Å². The molecule has 0 saturated heterocycles. The van der Waals surface area contributed by atoms with Gasteiger partial charge in [-0.25, -0.2) is 4.68 Å². The van der Waals surface area contributed by atoms with Gasteiger partial charge in [0.2, 0.25) is 0 Å². The Morgan fingerprint density at radius 3 is 2.54 bits per heavy atom. The Morgan fingerprint density at radius 1 is 1.12 bits per heavy atom. The van der Waals surface area contributed by atoms with Crippen LogP contribution in [-0.2, 0) is 7.05 Å². The second-order valence-electron chi connectivity index (χ2n) is 5.34. The molecule has 0 radical (unpaired) electrons. The summed E-state index contributed by atoms with van der Waals surface area (Å²) in [5.41, 5.74) is 2.50. The van der Waals surface area contributed by atoms with E-state index < -0.39 is 0 Å². The van der Waals surface area contributed by atoms with Crippen molar-refractivity contribution in [3.8, 4) is 0 Å². The summed E-state index contributed by atoms with van der Waals surface area (Å²) in [5.74, 6) is 0. The second kappa shape index (κ2) is 7.20. The van der Waals surface area contributed by atoms with Gasteiger partial charge in [-0.3, -0.25) is 4.79 Å². The van der Waals surface area contributed by atoms with E-state index in [0.717, 1.165) is 11.1 Å². The van der Waals surface area contributed by atoms with E-state index in [2.05, 4.69) is 26.3 Å². The lowest BCUT2D eigenvalue weighted by Crippen LogP contribution is -2.22. The zero-order valence-corrected chi connectivity index (χ0v) is 15.3. The number of anilines is 1. The maximum atomic E-state index is 12.1.